The van der Waals surface area contributed by atoms with E-state index >= 15 is 0 Å². The van der Waals surface area contributed by atoms with Crippen LogP contribution in [0, 0.1) is 20.2 Å². The van der Waals surface area contributed by atoms with E-state index in [0.29, 0.717) is 40.5 Å². The predicted molar refractivity (Wildman–Crippen MR) is 156 cm³/mol. The Morgan fingerprint density at radius 2 is 1.27 bits per heavy atom. The van der Waals surface area contributed by atoms with Gasteiger partial charge in [0.05, 0.1) is 67.6 Å². The molecule has 2 aromatic carbocycles. The number of hydrogen-bond donors (Lipinski definition) is 3. The molecule has 1 amide bonds. The lowest BCUT2D eigenvalue weighted by Gasteiger charge is -2.23. The van der Waals surface area contributed by atoms with Crippen LogP contribution in [0.4, 0.5) is 16.2 Å². The molecule has 2 unspecified atom stereocenters. The van der Waals surface area contributed by atoms with Crippen molar-refractivity contribution in [2.75, 3.05) is 34.2 Å². The molecule has 0 fully saturated rings. The van der Waals surface area contributed by atoms with Crippen LogP contribution >= 0.6 is 12.6 Å². The number of thiol groups is 1. The Labute approximate surface area is 244 Å². The maximum Gasteiger partial charge on any atom is 0.408 e. The van der Waals surface area contributed by atoms with E-state index in [1.54, 1.807) is 20.8 Å². The van der Waals surface area contributed by atoms with Gasteiger partial charge >= 0.3 is 6.09 Å². The van der Waals surface area contributed by atoms with E-state index in [1.807, 2.05) is 6.92 Å². The summed E-state index contributed by atoms with van der Waals surface area (Å²) in [5.74, 6) is 1.61. The summed E-state index contributed by atoms with van der Waals surface area (Å²) in [6.07, 6.45) is -0.200. The van der Waals surface area contributed by atoms with Crippen molar-refractivity contribution >= 4 is 30.1 Å². The van der Waals surface area contributed by atoms with Crippen LogP contribution in [0.15, 0.2) is 24.3 Å². The Bertz CT molecular complexity index is 1220. The highest BCUT2D eigenvalue weighted by Crippen LogP contribution is 2.39. The van der Waals surface area contributed by atoms with E-state index < -0.39 is 33.6 Å². The molecule has 0 radical (unpaired) electrons. The molecule has 0 aliphatic heterocycles. The van der Waals surface area contributed by atoms with E-state index in [0.717, 1.165) is 0 Å². The number of benzene rings is 2. The second-order valence-corrected chi connectivity index (χ2v) is 9.81. The van der Waals surface area contributed by atoms with Crippen molar-refractivity contribution in [1.82, 2.24) is 5.32 Å². The first-order valence-corrected chi connectivity index (χ1v) is 13.0. The fourth-order valence-electron chi connectivity index (χ4n) is 3.61. The molecule has 3 N–H and O–H groups in total. The van der Waals surface area contributed by atoms with Crippen molar-refractivity contribution in [1.29, 1.82) is 0 Å². The summed E-state index contributed by atoms with van der Waals surface area (Å²) < 4.78 is 25.6. The summed E-state index contributed by atoms with van der Waals surface area (Å²) in [5, 5.41) is 25.0. The fourth-order valence-corrected chi connectivity index (χ4v) is 3.80. The quantitative estimate of drug-likeness (QED) is 0.177. The lowest BCUT2D eigenvalue weighted by atomic mass is 10.0. The van der Waals surface area contributed by atoms with Crippen molar-refractivity contribution in [2.45, 2.75) is 51.8 Å². The Balaban J connectivity index is 0.000000435. The SMILES string of the molecule is CCC(NC(=O)OC(C)(C)C)c1cc(OC)c(OC)cc1[N+](=O)[O-].COc1cc(C(N)CS)c([N+](=O)[O-])cc1OC. The van der Waals surface area contributed by atoms with Gasteiger partial charge in [-0.1, -0.05) is 6.92 Å². The summed E-state index contributed by atoms with van der Waals surface area (Å²) in [6.45, 7) is 7.04. The molecule has 2 atom stereocenters. The van der Waals surface area contributed by atoms with Gasteiger partial charge in [-0.25, -0.2) is 4.79 Å². The van der Waals surface area contributed by atoms with Crippen molar-refractivity contribution in [2.24, 2.45) is 5.73 Å². The highest BCUT2D eigenvalue weighted by molar-refractivity contribution is 7.80. The van der Waals surface area contributed by atoms with E-state index in [4.69, 9.17) is 29.4 Å². The maximum absolute atomic E-state index is 12.0. The third-order valence-electron chi connectivity index (χ3n) is 5.53. The van der Waals surface area contributed by atoms with Crippen molar-refractivity contribution < 1.29 is 38.3 Å². The number of carbonyl (C=O) groups is 1. The number of nitrogens with one attached hydrogen (secondary N) is 1. The average Bonchev–Trinajstić information content (AvgIpc) is 2.93. The molecule has 2 aromatic rings. The molecule has 14 nitrogen and oxygen atoms in total. The number of nitrogens with two attached hydrogens (primary N) is 1. The van der Waals surface area contributed by atoms with Crippen LogP contribution in [0.25, 0.3) is 0 Å². The lowest BCUT2D eigenvalue weighted by Crippen LogP contribution is -2.35. The number of nitro benzene ring substituents is 2. The van der Waals surface area contributed by atoms with Crippen LogP contribution in [0.3, 0.4) is 0 Å². The number of ether oxygens (including phenoxy) is 5. The van der Waals surface area contributed by atoms with Gasteiger partial charge in [0.2, 0.25) is 0 Å². The van der Waals surface area contributed by atoms with Crippen molar-refractivity contribution in [3.63, 3.8) is 0 Å². The molecule has 0 spiro atoms. The first-order chi connectivity index (χ1) is 19.2. The molecule has 0 aliphatic carbocycles. The molecule has 0 saturated carbocycles. The zero-order chi connectivity index (χ0) is 31.5. The monoisotopic (exact) mass is 598 g/mol. The molecular formula is C26H38N4O10S. The van der Waals surface area contributed by atoms with Gasteiger partial charge in [0.25, 0.3) is 11.4 Å². The number of nitrogens with zero attached hydrogens (tertiary/aromatic N) is 2. The summed E-state index contributed by atoms with van der Waals surface area (Å²) in [5.41, 5.74) is 5.56. The van der Waals surface area contributed by atoms with E-state index in [2.05, 4.69) is 17.9 Å². The van der Waals surface area contributed by atoms with E-state index in [-0.39, 0.29) is 17.1 Å². The molecule has 2 rings (SSSR count). The largest absolute Gasteiger partial charge is 0.493 e. The molecule has 0 aromatic heterocycles. The van der Waals surface area contributed by atoms with Crippen molar-refractivity contribution in [3.8, 4) is 23.0 Å². The van der Waals surface area contributed by atoms with Crippen LogP contribution in [-0.4, -0.2) is 55.7 Å². The molecule has 15 heteroatoms. The van der Waals surface area contributed by atoms with Crippen LogP contribution in [0.1, 0.15) is 57.3 Å². The maximum atomic E-state index is 12.0. The van der Waals surface area contributed by atoms with Gasteiger partial charge in [0.15, 0.2) is 23.0 Å². The highest BCUT2D eigenvalue weighted by atomic mass is 32.1. The molecule has 0 bridgehead atoms. The van der Waals surface area contributed by atoms with Gasteiger partial charge in [0, 0.05) is 11.8 Å². The Hall–Kier alpha value is -3.98. The van der Waals surface area contributed by atoms with E-state index in [1.165, 1.54) is 52.7 Å². The van der Waals surface area contributed by atoms with Gasteiger partial charge in [-0.15, -0.1) is 0 Å². The predicted octanol–water partition coefficient (Wildman–Crippen LogP) is 5.13. The first kappa shape index (κ1) is 35.0. The van der Waals surface area contributed by atoms with Crippen LogP contribution in [0.5, 0.6) is 23.0 Å². The second kappa shape index (κ2) is 15.7. The van der Waals surface area contributed by atoms with Gasteiger partial charge in [-0.2, -0.15) is 12.6 Å². The molecule has 0 heterocycles. The zero-order valence-corrected chi connectivity index (χ0v) is 25.3. The molecular weight excluding hydrogens is 560 g/mol. The lowest BCUT2D eigenvalue weighted by molar-refractivity contribution is -0.386. The van der Waals surface area contributed by atoms with Gasteiger partial charge < -0.3 is 34.7 Å². The minimum absolute atomic E-state index is 0.0933. The Morgan fingerprint density at radius 3 is 1.61 bits per heavy atom. The van der Waals surface area contributed by atoms with Gasteiger partial charge in [-0.3, -0.25) is 20.2 Å². The van der Waals surface area contributed by atoms with Crippen LogP contribution < -0.4 is 30.0 Å². The number of nitro groups is 2. The first-order valence-electron chi connectivity index (χ1n) is 12.3. The number of methoxy groups -OCH3 is 4. The number of carbonyl (C=O) groups excluding carboxylic acids is 1. The minimum Gasteiger partial charge on any atom is -0.493 e. The fraction of sp³-hybridized carbons (Fsp3) is 0.500. The average molecular weight is 599 g/mol. The molecule has 41 heavy (non-hydrogen) atoms. The number of rotatable bonds is 11. The molecule has 0 saturated heterocycles. The Morgan fingerprint density at radius 1 is 0.878 bits per heavy atom. The second-order valence-electron chi connectivity index (χ2n) is 9.44. The van der Waals surface area contributed by atoms with E-state index in [9.17, 15) is 25.0 Å². The Kier molecular flexibility index (Phi) is 13.4. The molecule has 0 aliphatic rings. The van der Waals surface area contributed by atoms with Crippen LogP contribution in [0.2, 0.25) is 0 Å². The standard InChI is InChI=1S/C16H24N2O6.C10H14N2O4S/c1-7-11(17-15(19)24-16(2,3)4)10-8-13(22-5)14(23-6)9-12(10)18(20)21;1-15-9-3-6(7(11)5-17)8(12(13)14)4-10(9)16-2/h8-9,11H,7H2,1-6H3,(H,17,19);3-4,7,17H,5,11H2,1-2H3. The van der Waals surface area contributed by atoms with Crippen LogP contribution in [-0.2, 0) is 4.74 Å². The topological polar surface area (TPSA) is 188 Å². The third kappa shape index (κ3) is 9.86. The van der Waals surface area contributed by atoms with Gasteiger partial charge in [0.1, 0.15) is 5.60 Å². The van der Waals surface area contributed by atoms with Crippen molar-refractivity contribution in [3.05, 3.63) is 55.6 Å². The normalized spacial score (nSPS) is 12.1. The number of alkyl carbamates (subject to hydrolysis) is 1. The third-order valence-corrected chi connectivity index (χ3v) is 5.92. The molecule has 228 valence electrons. The van der Waals surface area contributed by atoms with Gasteiger partial charge in [-0.05, 0) is 39.3 Å². The summed E-state index contributed by atoms with van der Waals surface area (Å²) in [7, 11) is 5.71. The summed E-state index contributed by atoms with van der Waals surface area (Å²) in [6, 6.07) is 4.48. The minimum atomic E-state index is -0.661. The smallest absolute Gasteiger partial charge is 0.408 e. The zero-order valence-electron chi connectivity index (χ0n) is 24.4. The summed E-state index contributed by atoms with van der Waals surface area (Å²) in [4.78, 5) is 33.3. The highest BCUT2D eigenvalue weighted by Gasteiger charge is 2.28. The number of hydrogen-bond acceptors (Lipinski definition) is 12. The summed E-state index contributed by atoms with van der Waals surface area (Å²) >= 11 is 4.04. The number of amides is 1.